The normalized spacial score (nSPS) is 18.2. The number of benzene rings is 7. The summed E-state index contributed by atoms with van der Waals surface area (Å²) in [6, 6.07) is 58.2. The fraction of sp³-hybridized carbons (Fsp3) is 0.288. The van der Waals surface area contributed by atoms with Crippen molar-refractivity contribution >= 4 is 17.1 Å². The molecular weight excluding hydrogens is 723 g/mol. The molecule has 1 fully saturated rings. The van der Waals surface area contributed by atoms with Gasteiger partial charge in [-0.2, -0.15) is 0 Å². The van der Waals surface area contributed by atoms with Gasteiger partial charge in [0, 0.05) is 22.1 Å². The second-order valence-electron chi connectivity index (χ2n) is 20.3. The fourth-order valence-electron chi connectivity index (χ4n) is 12.1. The van der Waals surface area contributed by atoms with Gasteiger partial charge in [0.1, 0.15) is 0 Å². The lowest BCUT2D eigenvalue weighted by atomic mass is 9.61. The molecular formula is C59H57N. The molecule has 1 nitrogen and oxygen atoms in total. The Morgan fingerprint density at radius 1 is 0.367 bits per heavy atom. The summed E-state index contributed by atoms with van der Waals surface area (Å²) >= 11 is 0. The molecule has 0 aromatic heterocycles. The Morgan fingerprint density at radius 2 is 0.967 bits per heavy atom. The highest BCUT2D eigenvalue weighted by molar-refractivity contribution is 5.95. The predicted molar refractivity (Wildman–Crippen MR) is 254 cm³/mol. The van der Waals surface area contributed by atoms with E-state index in [2.05, 4.69) is 198 Å². The first-order valence-corrected chi connectivity index (χ1v) is 22.6. The monoisotopic (exact) mass is 779 g/mol. The highest BCUT2D eigenvalue weighted by atomic mass is 15.1. The summed E-state index contributed by atoms with van der Waals surface area (Å²) in [5.41, 5.74) is 23.7. The first-order valence-electron chi connectivity index (χ1n) is 22.6. The molecule has 0 amide bonds. The Morgan fingerprint density at radius 3 is 1.72 bits per heavy atom. The molecule has 298 valence electrons. The Balaban J connectivity index is 1.11. The topological polar surface area (TPSA) is 3.24 Å². The van der Waals surface area contributed by atoms with E-state index in [0.29, 0.717) is 0 Å². The molecule has 0 unspecified atom stereocenters. The lowest BCUT2D eigenvalue weighted by molar-refractivity contribution is 0.327. The third kappa shape index (κ3) is 5.50. The fourth-order valence-corrected chi connectivity index (χ4v) is 12.1. The van der Waals surface area contributed by atoms with Gasteiger partial charge in [-0.25, -0.2) is 0 Å². The zero-order chi connectivity index (χ0) is 41.0. The van der Waals surface area contributed by atoms with Crippen molar-refractivity contribution in [3.8, 4) is 44.5 Å². The number of fused-ring (bicyclic) bond motifs is 9. The van der Waals surface area contributed by atoms with Crippen molar-refractivity contribution in [2.75, 3.05) is 4.90 Å². The van der Waals surface area contributed by atoms with Crippen LogP contribution in [0.5, 0.6) is 0 Å². The van der Waals surface area contributed by atoms with Crippen molar-refractivity contribution in [3.63, 3.8) is 0 Å². The zero-order valence-electron chi connectivity index (χ0n) is 36.3. The molecule has 0 saturated heterocycles. The van der Waals surface area contributed by atoms with E-state index in [4.69, 9.17) is 0 Å². The van der Waals surface area contributed by atoms with Crippen molar-refractivity contribution in [2.45, 2.75) is 108 Å². The van der Waals surface area contributed by atoms with E-state index in [1.54, 1.807) is 16.7 Å². The van der Waals surface area contributed by atoms with Gasteiger partial charge in [0.25, 0.3) is 0 Å². The minimum Gasteiger partial charge on any atom is -0.310 e. The number of hydrogen-bond donors (Lipinski definition) is 0. The molecule has 7 aromatic carbocycles. The third-order valence-electron chi connectivity index (χ3n) is 15.5. The number of rotatable bonds is 5. The van der Waals surface area contributed by atoms with Crippen LogP contribution in [0.15, 0.2) is 152 Å². The second kappa shape index (κ2) is 13.4. The molecule has 60 heavy (non-hydrogen) atoms. The lowest BCUT2D eigenvalue weighted by Crippen LogP contribution is -2.35. The summed E-state index contributed by atoms with van der Waals surface area (Å²) in [4.78, 5) is 2.61. The molecule has 0 heterocycles. The van der Waals surface area contributed by atoms with Crippen LogP contribution in [0.4, 0.5) is 17.1 Å². The van der Waals surface area contributed by atoms with E-state index in [9.17, 15) is 0 Å². The van der Waals surface area contributed by atoms with Crippen LogP contribution in [0.3, 0.4) is 0 Å². The Bertz CT molecular complexity index is 2810. The van der Waals surface area contributed by atoms with Gasteiger partial charge in [0.2, 0.25) is 0 Å². The Labute approximate surface area is 358 Å². The van der Waals surface area contributed by atoms with Crippen LogP contribution in [0.2, 0.25) is 0 Å². The summed E-state index contributed by atoms with van der Waals surface area (Å²) in [5.74, 6) is 0. The van der Waals surface area contributed by atoms with E-state index in [1.165, 1.54) is 123 Å². The quantitative estimate of drug-likeness (QED) is 0.168. The van der Waals surface area contributed by atoms with Crippen LogP contribution in [0, 0.1) is 0 Å². The maximum Gasteiger partial charge on any atom is 0.0540 e. The number of hydrogen-bond acceptors (Lipinski definition) is 1. The largest absolute Gasteiger partial charge is 0.310 e. The van der Waals surface area contributed by atoms with E-state index in [0.717, 1.165) is 0 Å². The van der Waals surface area contributed by atoms with Gasteiger partial charge in [-0.05, 0) is 145 Å². The lowest BCUT2D eigenvalue weighted by Gasteiger charge is -2.44. The molecule has 1 saturated carbocycles. The van der Waals surface area contributed by atoms with Gasteiger partial charge in [0.05, 0.1) is 11.4 Å². The summed E-state index contributed by atoms with van der Waals surface area (Å²) in [6.45, 7) is 14.7. The van der Waals surface area contributed by atoms with Crippen LogP contribution in [0.25, 0.3) is 44.5 Å². The maximum atomic E-state index is 2.72. The van der Waals surface area contributed by atoms with Gasteiger partial charge >= 0.3 is 0 Å². The first-order chi connectivity index (χ1) is 29.0. The summed E-state index contributed by atoms with van der Waals surface area (Å²) in [6.07, 6.45) is 8.67. The van der Waals surface area contributed by atoms with Gasteiger partial charge in [-0.3, -0.25) is 0 Å². The standard InChI is InChI=1S/C59H57N/c1-56(2)34-35-57(3,4)52-38-50-47(37-51(52)56)46-22-17-25-54(55(46)59(50)32-15-8-16-33-59)60(53-24-14-12-20-43(53)40-18-9-7-10-19-40)42-29-26-39(27-30-42)41-28-31-45-44-21-11-13-23-48(44)58(5,6)49(45)36-41/h7,9-14,17-31,36-38H,8,15-16,32-35H2,1-6H3. The van der Waals surface area contributed by atoms with Crippen molar-refractivity contribution in [2.24, 2.45) is 0 Å². The second-order valence-corrected chi connectivity index (χ2v) is 20.3. The number of para-hydroxylation sites is 1. The number of nitrogens with zero attached hydrogens (tertiary/aromatic N) is 1. The molecule has 4 aliphatic rings. The number of anilines is 3. The predicted octanol–water partition coefficient (Wildman–Crippen LogP) is 16.4. The van der Waals surface area contributed by atoms with E-state index in [1.807, 2.05) is 0 Å². The Hall–Kier alpha value is -5.66. The molecule has 1 heteroatoms. The van der Waals surface area contributed by atoms with Crippen LogP contribution in [-0.2, 0) is 21.7 Å². The van der Waals surface area contributed by atoms with Gasteiger partial charge in [-0.15, -0.1) is 0 Å². The summed E-state index contributed by atoms with van der Waals surface area (Å²) in [5, 5.41) is 0. The van der Waals surface area contributed by atoms with Crippen LogP contribution < -0.4 is 4.90 Å². The third-order valence-corrected chi connectivity index (χ3v) is 15.5. The van der Waals surface area contributed by atoms with Crippen LogP contribution in [0.1, 0.15) is 120 Å². The zero-order valence-corrected chi connectivity index (χ0v) is 36.3. The summed E-state index contributed by atoms with van der Waals surface area (Å²) < 4.78 is 0. The molecule has 4 aliphatic carbocycles. The minimum atomic E-state index is -0.0368. The molecule has 0 radical (unpaired) electrons. The highest BCUT2D eigenvalue weighted by Crippen LogP contribution is 2.62. The van der Waals surface area contributed by atoms with E-state index >= 15 is 0 Å². The van der Waals surface area contributed by atoms with E-state index in [-0.39, 0.29) is 21.7 Å². The average Bonchev–Trinajstić information content (AvgIpc) is 3.67. The minimum absolute atomic E-state index is 0.0269. The first kappa shape index (κ1) is 37.3. The van der Waals surface area contributed by atoms with Gasteiger partial charge in [0.15, 0.2) is 0 Å². The molecule has 1 spiro atoms. The molecule has 0 bridgehead atoms. The maximum absolute atomic E-state index is 2.72. The highest BCUT2D eigenvalue weighted by Gasteiger charge is 2.49. The SMILES string of the molecule is CC1(C)CCC(C)(C)c2cc3c(cc21)-c1cccc(N(c2ccc(-c4ccc5c(c4)C(C)(C)c4ccccc4-5)cc2)c2ccccc2-c2ccccc2)c1C31CCCCC1. The van der Waals surface area contributed by atoms with Crippen molar-refractivity contribution in [1.82, 2.24) is 0 Å². The summed E-state index contributed by atoms with van der Waals surface area (Å²) in [7, 11) is 0. The molecule has 0 N–H and O–H groups in total. The molecule has 11 rings (SSSR count). The smallest absolute Gasteiger partial charge is 0.0540 e. The van der Waals surface area contributed by atoms with E-state index < -0.39 is 0 Å². The molecule has 0 atom stereocenters. The van der Waals surface area contributed by atoms with Crippen molar-refractivity contribution in [1.29, 1.82) is 0 Å². The van der Waals surface area contributed by atoms with Gasteiger partial charge in [-0.1, -0.05) is 176 Å². The van der Waals surface area contributed by atoms with Crippen LogP contribution in [-0.4, -0.2) is 0 Å². The molecule has 0 aliphatic heterocycles. The van der Waals surface area contributed by atoms with Crippen molar-refractivity contribution in [3.05, 3.63) is 185 Å². The van der Waals surface area contributed by atoms with Gasteiger partial charge < -0.3 is 4.90 Å². The van der Waals surface area contributed by atoms with Crippen LogP contribution >= 0.6 is 0 Å². The Kier molecular flexibility index (Phi) is 8.35. The van der Waals surface area contributed by atoms with Crippen molar-refractivity contribution < 1.29 is 0 Å². The molecule has 7 aromatic rings. The average molecular weight is 780 g/mol.